The molecule has 1 rings (SSSR count). The molecule has 0 aliphatic rings. The van der Waals surface area contributed by atoms with E-state index in [2.05, 4.69) is 15.9 Å². The van der Waals surface area contributed by atoms with E-state index in [1.807, 2.05) is 5.43 Å². The zero-order valence-electron chi connectivity index (χ0n) is 8.80. The molecule has 0 radical (unpaired) electrons. The second kappa shape index (κ2) is 6.51. The van der Waals surface area contributed by atoms with Crippen molar-refractivity contribution in [1.82, 2.24) is 5.43 Å². The largest absolute Gasteiger partial charge is 0.489 e. The summed E-state index contributed by atoms with van der Waals surface area (Å²) in [7, 11) is 0. The van der Waals surface area contributed by atoms with Crippen molar-refractivity contribution < 1.29 is 18.3 Å². The fourth-order valence-electron chi connectivity index (χ4n) is 1.15. The minimum atomic E-state index is -0.792. The van der Waals surface area contributed by atoms with Crippen LogP contribution in [0.2, 0.25) is 0 Å². The van der Waals surface area contributed by atoms with E-state index in [1.54, 1.807) is 0 Å². The van der Waals surface area contributed by atoms with Crippen LogP contribution < -0.4 is 16.0 Å². The van der Waals surface area contributed by atoms with Crippen molar-refractivity contribution in [3.05, 3.63) is 28.2 Å². The van der Waals surface area contributed by atoms with E-state index < -0.39 is 11.6 Å². The molecule has 0 spiro atoms. The Hall–Kier alpha value is -1.21. The Morgan fingerprint density at radius 2 is 2.18 bits per heavy atom. The van der Waals surface area contributed by atoms with Crippen molar-refractivity contribution in [3.8, 4) is 5.75 Å². The minimum absolute atomic E-state index is 0.0699. The number of nitrogens with one attached hydrogen (secondary N) is 1. The molecule has 7 heteroatoms. The van der Waals surface area contributed by atoms with Crippen molar-refractivity contribution in [2.75, 3.05) is 6.61 Å². The predicted octanol–water partition coefficient (Wildman–Crippen LogP) is 1.88. The molecule has 0 heterocycles. The molecule has 0 unspecified atom stereocenters. The van der Waals surface area contributed by atoms with Crippen LogP contribution in [0.5, 0.6) is 5.75 Å². The molecule has 0 fully saturated rings. The van der Waals surface area contributed by atoms with Crippen LogP contribution in [0, 0.1) is 11.6 Å². The molecule has 0 saturated heterocycles. The molecule has 1 aromatic carbocycles. The molecule has 0 aromatic heterocycles. The van der Waals surface area contributed by atoms with Crippen molar-refractivity contribution in [1.29, 1.82) is 0 Å². The van der Waals surface area contributed by atoms with Crippen molar-refractivity contribution in [3.63, 3.8) is 0 Å². The van der Waals surface area contributed by atoms with Crippen LogP contribution in [0.3, 0.4) is 0 Å². The first kappa shape index (κ1) is 13.9. The lowest BCUT2D eigenvalue weighted by atomic mass is 10.3. The number of amides is 1. The van der Waals surface area contributed by atoms with Gasteiger partial charge in [0.15, 0.2) is 11.6 Å². The monoisotopic (exact) mass is 308 g/mol. The van der Waals surface area contributed by atoms with Gasteiger partial charge in [-0.2, -0.15) is 0 Å². The molecule has 94 valence electrons. The number of hydrogen-bond acceptors (Lipinski definition) is 3. The van der Waals surface area contributed by atoms with Crippen LogP contribution in [-0.2, 0) is 4.79 Å². The van der Waals surface area contributed by atoms with Crippen molar-refractivity contribution in [2.45, 2.75) is 12.8 Å². The topological polar surface area (TPSA) is 64.3 Å². The van der Waals surface area contributed by atoms with E-state index >= 15 is 0 Å². The van der Waals surface area contributed by atoms with Crippen LogP contribution >= 0.6 is 15.9 Å². The van der Waals surface area contributed by atoms with E-state index in [4.69, 9.17) is 10.6 Å². The molecule has 0 aliphatic heterocycles. The molecule has 1 amide bonds. The first-order valence-corrected chi connectivity index (χ1v) is 5.60. The summed E-state index contributed by atoms with van der Waals surface area (Å²) in [6, 6.07) is 1.83. The lowest BCUT2D eigenvalue weighted by Crippen LogP contribution is -2.30. The number of carbonyl (C=O) groups is 1. The zero-order chi connectivity index (χ0) is 12.8. The number of hydrogen-bond donors (Lipinski definition) is 2. The summed E-state index contributed by atoms with van der Waals surface area (Å²) in [5, 5.41) is 0. The Morgan fingerprint density at radius 1 is 1.47 bits per heavy atom. The van der Waals surface area contributed by atoms with Crippen LogP contribution in [0.25, 0.3) is 0 Å². The van der Waals surface area contributed by atoms with Gasteiger partial charge in [-0.15, -0.1) is 0 Å². The number of hydrazine groups is 1. The molecular weight excluding hydrogens is 298 g/mol. The highest BCUT2D eigenvalue weighted by Crippen LogP contribution is 2.29. The van der Waals surface area contributed by atoms with E-state index in [1.165, 1.54) is 0 Å². The Bertz CT molecular complexity index is 392. The van der Waals surface area contributed by atoms with Crippen molar-refractivity contribution >= 4 is 21.8 Å². The van der Waals surface area contributed by atoms with Crippen LogP contribution in [-0.4, -0.2) is 12.5 Å². The molecule has 0 saturated carbocycles. The van der Waals surface area contributed by atoms with Crippen LogP contribution in [0.4, 0.5) is 8.78 Å². The lowest BCUT2D eigenvalue weighted by Gasteiger charge is -2.09. The molecule has 1 aromatic rings. The third kappa shape index (κ3) is 4.27. The standard InChI is InChI=1S/C10H11BrF2N2O2/c11-7-4-6(12)5-8(13)10(7)17-3-1-2-9(16)15-14/h4-5H,1-3,14H2,(H,15,16). The SMILES string of the molecule is NNC(=O)CCCOc1c(F)cc(F)cc1Br. The zero-order valence-corrected chi connectivity index (χ0v) is 10.4. The summed E-state index contributed by atoms with van der Waals surface area (Å²) in [5.74, 6) is 3.00. The van der Waals surface area contributed by atoms with Gasteiger partial charge >= 0.3 is 0 Å². The number of ether oxygens (including phenoxy) is 1. The normalized spacial score (nSPS) is 10.1. The summed E-state index contributed by atoms with van der Waals surface area (Å²) in [4.78, 5) is 10.8. The maximum atomic E-state index is 13.3. The highest BCUT2D eigenvalue weighted by atomic mass is 79.9. The van der Waals surface area contributed by atoms with Gasteiger partial charge in [0.1, 0.15) is 5.82 Å². The Labute approximate surface area is 105 Å². The van der Waals surface area contributed by atoms with Crippen LogP contribution in [0.1, 0.15) is 12.8 Å². The molecule has 4 nitrogen and oxygen atoms in total. The molecule has 17 heavy (non-hydrogen) atoms. The average molecular weight is 309 g/mol. The molecule has 0 bridgehead atoms. The Morgan fingerprint density at radius 3 is 2.76 bits per heavy atom. The number of carbonyl (C=O) groups excluding carboxylic acids is 1. The van der Waals surface area contributed by atoms with E-state index in [9.17, 15) is 13.6 Å². The van der Waals surface area contributed by atoms with Gasteiger partial charge in [0, 0.05) is 12.5 Å². The summed E-state index contributed by atoms with van der Waals surface area (Å²) < 4.78 is 31.3. The van der Waals surface area contributed by atoms with Gasteiger partial charge in [-0.25, -0.2) is 14.6 Å². The number of rotatable bonds is 5. The first-order chi connectivity index (χ1) is 8.04. The highest BCUT2D eigenvalue weighted by molar-refractivity contribution is 9.10. The molecular formula is C10H11BrF2N2O2. The summed E-state index contributed by atoms with van der Waals surface area (Å²) in [6.07, 6.45) is 0.559. The second-order valence-electron chi connectivity index (χ2n) is 3.22. The Kier molecular flexibility index (Phi) is 5.30. The summed E-state index contributed by atoms with van der Waals surface area (Å²) in [6.45, 7) is 0.134. The van der Waals surface area contributed by atoms with Gasteiger partial charge in [-0.1, -0.05) is 0 Å². The number of nitrogens with two attached hydrogens (primary N) is 1. The predicted molar refractivity (Wildman–Crippen MR) is 61.1 cm³/mol. The van der Waals surface area contributed by atoms with E-state index in [0.29, 0.717) is 6.42 Å². The fourth-order valence-corrected chi connectivity index (χ4v) is 1.67. The van der Waals surface area contributed by atoms with Gasteiger partial charge in [0.25, 0.3) is 0 Å². The molecule has 0 atom stereocenters. The molecule has 3 N–H and O–H groups in total. The maximum absolute atomic E-state index is 13.3. The smallest absolute Gasteiger partial charge is 0.234 e. The van der Waals surface area contributed by atoms with Gasteiger partial charge in [0.05, 0.1) is 11.1 Å². The number of benzene rings is 1. The van der Waals surface area contributed by atoms with Gasteiger partial charge < -0.3 is 4.74 Å². The van der Waals surface area contributed by atoms with E-state index in [0.717, 1.165) is 12.1 Å². The third-order valence-electron chi connectivity index (χ3n) is 1.92. The average Bonchev–Trinajstić information content (AvgIpc) is 2.26. The highest BCUT2D eigenvalue weighted by Gasteiger charge is 2.10. The Balaban J connectivity index is 2.50. The lowest BCUT2D eigenvalue weighted by molar-refractivity contribution is -0.121. The quantitative estimate of drug-likeness (QED) is 0.378. The second-order valence-corrected chi connectivity index (χ2v) is 4.07. The van der Waals surface area contributed by atoms with Crippen LogP contribution in [0.15, 0.2) is 16.6 Å². The number of halogens is 3. The molecule has 0 aliphatic carbocycles. The maximum Gasteiger partial charge on any atom is 0.234 e. The summed E-state index contributed by atoms with van der Waals surface area (Å²) >= 11 is 2.99. The van der Waals surface area contributed by atoms with Gasteiger partial charge in [0.2, 0.25) is 5.91 Å². The van der Waals surface area contributed by atoms with Gasteiger partial charge in [-0.3, -0.25) is 10.2 Å². The van der Waals surface area contributed by atoms with Gasteiger partial charge in [-0.05, 0) is 28.4 Å². The fraction of sp³-hybridized carbons (Fsp3) is 0.300. The van der Waals surface area contributed by atoms with Crippen molar-refractivity contribution in [2.24, 2.45) is 5.84 Å². The third-order valence-corrected chi connectivity index (χ3v) is 2.51. The van der Waals surface area contributed by atoms with E-state index in [-0.39, 0.29) is 29.2 Å². The minimum Gasteiger partial charge on any atom is -0.489 e. The summed E-state index contributed by atoms with van der Waals surface area (Å²) in [5.41, 5.74) is 1.97. The first-order valence-electron chi connectivity index (χ1n) is 4.81.